The third kappa shape index (κ3) is 5.39. The Balaban J connectivity index is 2.03. The average Bonchev–Trinajstić information content (AvgIpc) is 3.25. The average molecular weight is 482 g/mol. The van der Waals surface area contributed by atoms with E-state index in [-0.39, 0.29) is 5.56 Å². The van der Waals surface area contributed by atoms with E-state index < -0.39 is 17.6 Å². The van der Waals surface area contributed by atoms with E-state index in [0.717, 1.165) is 29.9 Å². The van der Waals surface area contributed by atoms with E-state index in [9.17, 15) is 18.0 Å². The van der Waals surface area contributed by atoms with Crippen molar-refractivity contribution in [3.05, 3.63) is 47.5 Å². The number of hydrogen-bond donors (Lipinski definition) is 0. The number of thiazole rings is 1. The Bertz CT molecular complexity index is 1060. The van der Waals surface area contributed by atoms with Gasteiger partial charge in [-0.2, -0.15) is 13.2 Å². The third-order valence-electron chi connectivity index (χ3n) is 5.37. The van der Waals surface area contributed by atoms with Gasteiger partial charge in [-0.15, -0.1) is 0 Å². The van der Waals surface area contributed by atoms with Crippen LogP contribution in [0.5, 0.6) is 11.5 Å². The number of fused-ring (bicyclic) bond motifs is 1. The Labute approximate surface area is 194 Å². The predicted octanol–water partition coefficient (Wildman–Crippen LogP) is 5.32. The number of halogens is 3. The molecule has 1 heterocycles. The van der Waals surface area contributed by atoms with Crippen LogP contribution in [0.4, 0.5) is 18.3 Å². The van der Waals surface area contributed by atoms with Gasteiger partial charge in [0.1, 0.15) is 21.7 Å². The fourth-order valence-corrected chi connectivity index (χ4v) is 4.51. The van der Waals surface area contributed by atoms with Crippen molar-refractivity contribution in [1.82, 2.24) is 9.88 Å². The number of hydrogen-bond acceptors (Lipinski definition) is 6. The van der Waals surface area contributed by atoms with Crippen LogP contribution < -0.4 is 14.4 Å². The quantitative estimate of drug-likeness (QED) is 0.414. The van der Waals surface area contributed by atoms with Crippen molar-refractivity contribution in [1.29, 1.82) is 0 Å². The second-order valence-corrected chi connectivity index (χ2v) is 8.18. The van der Waals surface area contributed by atoms with E-state index in [1.54, 1.807) is 19.2 Å². The number of methoxy groups -OCH3 is 2. The summed E-state index contributed by atoms with van der Waals surface area (Å²) in [7, 11) is 3.08. The summed E-state index contributed by atoms with van der Waals surface area (Å²) in [5.41, 5.74) is -0.0890. The molecular formula is C23H26F3N3O3S. The monoisotopic (exact) mass is 481 g/mol. The Kier molecular flexibility index (Phi) is 7.80. The summed E-state index contributed by atoms with van der Waals surface area (Å²) in [4.78, 5) is 21.7. The lowest BCUT2D eigenvalue weighted by molar-refractivity contribution is -0.137. The molecule has 0 saturated heterocycles. The molecule has 1 aromatic heterocycles. The first-order chi connectivity index (χ1) is 15.7. The van der Waals surface area contributed by atoms with Crippen LogP contribution in [0.3, 0.4) is 0 Å². The number of nitrogens with zero attached hydrogens (tertiary/aromatic N) is 3. The van der Waals surface area contributed by atoms with Crippen LogP contribution in [0.15, 0.2) is 36.4 Å². The van der Waals surface area contributed by atoms with Crippen molar-refractivity contribution in [3.63, 3.8) is 0 Å². The molecule has 0 radical (unpaired) electrons. The minimum atomic E-state index is -4.47. The molecule has 1 amide bonds. The van der Waals surface area contributed by atoms with Crippen LogP contribution in [0.25, 0.3) is 10.2 Å². The van der Waals surface area contributed by atoms with Crippen LogP contribution in [0.2, 0.25) is 0 Å². The molecule has 6 nitrogen and oxygen atoms in total. The molecule has 3 aromatic rings. The number of carbonyl (C=O) groups excluding carboxylic acids is 1. The zero-order chi connectivity index (χ0) is 24.2. The maximum atomic E-state index is 13.4. The first-order valence-electron chi connectivity index (χ1n) is 10.5. The molecule has 0 aliphatic heterocycles. The van der Waals surface area contributed by atoms with Crippen LogP contribution in [-0.4, -0.2) is 56.2 Å². The summed E-state index contributed by atoms with van der Waals surface area (Å²) in [6.07, 6.45) is -4.47. The first kappa shape index (κ1) is 24.8. The zero-order valence-corrected chi connectivity index (χ0v) is 19.7. The van der Waals surface area contributed by atoms with Crippen molar-refractivity contribution in [3.8, 4) is 11.5 Å². The minimum absolute atomic E-state index is 0.153. The zero-order valence-electron chi connectivity index (χ0n) is 18.9. The normalized spacial score (nSPS) is 11.8. The predicted molar refractivity (Wildman–Crippen MR) is 124 cm³/mol. The standard InChI is InChI=1S/C23H26F3N3O3S/c1-5-28(6-2)13-14-29(21(30)15-7-9-16(10-8-15)23(24,25)26)22-27-19-17(31-3)11-12-18(32-4)20(19)33-22/h7-12H,5-6,13-14H2,1-4H3. The minimum Gasteiger partial charge on any atom is -0.495 e. The van der Waals surface area contributed by atoms with Gasteiger partial charge in [0.25, 0.3) is 5.91 Å². The topological polar surface area (TPSA) is 54.9 Å². The van der Waals surface area contributed by atoms with Gasteiger partial charge in [0.15, 0.2) is 5.13 Å². The van der Waals surface area contributed by atoms with Gasteiger partial charge in [-0.1, -0.05) is 25.2 Å². The lowest BCUT2D eigenvalue weighted by Crippen LogP contribution is -2.38. The van der Waals surface area contributed by atoms with E-state index in [1.165, 1.54) is 35.5 Å². The first-order valence-corrected chi connectivity index (χ1v) is 11.3. The highest BCUT2D eigenvalue weighted by Gasteiger charge is 2.31. The molecule has 0 fully saturated rings. The van der Waals surface area contributed by atoms with Crippen LogP contribution in [-0.2, 0) is 6.18 Å². The molecule has 33 heavy (non-hydrogen) atoms. The third-order valence-corrected chi connectivity index (χ3v) is 6.46. The summed E-state index contributed by atoms with van der Waals surface area (Å²) in [5.74, 6) is 0.715. The Morgan fingerprint density at radius 2 is 1.58 bits per heavy atom. The highest BCUT2D eigenvalue weighted by molar-refractivity contribution is 7.22. The molecule has 0 spiro atoms. The molecule has 0 unspecified atom stereocenters. The van der Waals surface area contributed by atoms with Gasteiger partial charge in [-0.3, -0.25) is 9.69 Å². The number of ether oxygens (including phenoxy) is 2. The van der Waals surface area contributed by atoms with Gasteiger partial charge in [0, 0.05) is 18.7 Å². The molecule has 0 N–H and O–H groups in total. The smallest absolute Gasteiger partial charge is 0.416 e. The Hall–Kier alpha value is -2.85. The SMILES string of the molecule is CCN(CC)CCN(C(=O)c1ccc(C(F)(F)F)cc1)c1nc2c(OC)ccc(OC)c2s1. The van der Waals surface area contributed by atoms with Gasteiger partial charge in [0.2, 0.25) is 0 Å². The van der Waals surface area contributed by atoms with Crippen LogP contribution in [0.1, 0.15) is 29.8 Å². The highest BCUT2D eigenvalue weighted by Crippen LogP contribution is 2.40. The number of benzene rings is 2. The summed E-state index contributed by atoms with van der Waals surface area (Å²) in [6, 6.07) is 7.73. The molecule has 0 saturated carbocycles. The van der Waals surface area contributed by atoms with Crippen LogP contribution >= 0.6 is 11.3 Å². The van der Waals surface area contributed by atoms with E-state index in [1.807, 2.05) is 13.8 Å². The number of aromatic nitrogens is 1. The lowest BCUT2D eigenvalue weighted by atomic mass is 10.1. The Morgan fingerprint density at radius 1 is 0.970 bits per heavy atom. The Morgan fingerprint density at radius 3 is 2.12 bits per heavy atom. The number of rotatable bonds is 9. The summed E-state index contributed by atoms with van der Waals surface area (Å²) in [6.45, 7) is 6.58. The fraction of sp³-hybridized carbons (Fsp3) is 0.391. The highest BCUT2D eigenvalue weighted by atomic mass is 32.1. The molecule has 0 aliphatic carbocycles. The molecule has 178 valence electrons. The van der Waals surface area contributed by atoms with Crippen molar-refractivity contribution in [2.75, 3.05) is 45.3 Å². The molecule has 2 aromatic carbocycles. The summed E-state index contributed by atoms with van der Waals surface area (Å²) >= 11 is 1.27. The van der Waals surface area contributed by atoms with Gasteiger partial charge in [0.05, 0.1) is 19.8 Å². The fourth-order valence-electron chi connectivity index (χ4n) is 3.41. The second-order valence-electron chi connectivity index (χ2n) is 7.20. The van der Waals surface area contributed by atoms with Gasteiger partial charge >= 0.3 is 6.18 Å². The van der Waals surface area contributed by atoms with Crippen molar-refractivity contribution < 1.29 is 27.4 Å². The number of carbonyl (C=O) groups is 1. The van der Waals surface area contributed by atoms with E-state index in [2.05, 4.69) is 9.88 Å². The van der Waals surface area contributed by atoms with E-state index in [4.69, 9.17) is 9.47 Å². The maximum Gasteiger partial charge on any atom is 0.416 e. The van der Waals surface area contributed by atoms with Crippen molar-refractivity contribution >= 4 is 32.6 Å². The van der Waals surface area contributed by atoms with Gasteiger partial charge in [-0.25, -0.2) is 4.98 Å². The number of anilines is 1. The lowest BCUT2D eigenvalue weighted by Gasteiger charge is -2.24. The van der Waals surface area contributed by atoms with Gasteiger partial charge < -0.3 is 14.4 Å². The summed E-state index contributed by atoms with van der Waals surface area (Å²) < 4.78 is 50.5. The van der Waals surface area contributed by atoms with Crippen LogP contribution in [0, 0.1) is 0 Å². The molecule has 0 atom stereocenters. The second kappa shape index (κ2) is 10.4. The van der Waals surface area contributed by atoms with Crippen molar-refractivity contribution in [2.24, 2.45) is 0 Å². The van der Waals surface area contributed by atoms with E-state index in [0.29, 0.717) is 35.2 Å². The largest absolute Gasteiger partial charge is 0.495 e. The molecule has 0 aliphatic rings. The number of alkyl halides is 3. The molecule has 0 bridgehead atoms. The molecule has 3 rings (SSSR count). The molecular weight excluding hydrogens is 455 g/mol. The number of amides is 1. The maximum absolute atomic E-state index is 13.4. The van der Waals surface area contributed by atoms with Gasteiger partial charge in [-0.05, 0) is 49.5 Å². The molecule has 10 heteroatoms. The van der Waals surface area contributed by atoms with E-state index >= 15 is 0 Å². The van der Waals surface area contributed by atoms with Crippen molar-refractivity contribution in [2.45, 2.75) is 20.0 Å². The number of likely N-dealkylation sites (N-methyl/N-ethyl adjacent to an activating group) is 1. The summed E-state index contributed by atoms with van der Waals surface area (Å²) in [5, 5.41) is 0.421.